The molecule has 0 saturated carbocycles. The van der Waals surface area contributed by atoms with Crippen LogP contribution in [0.1, 0.15) is 22.0 Å². The van der Waals surface area contributed by atoms with Crippen LogP contribution in [0.15, 0.2) is 12.4 Å². The highest BCUT2D eigenvalue weighted by atomic mass is 16.2. The van der Waals surface area contributed by atoms with E-state index in [1.54, 1.807) is 20.2 Å². The molecular formula is C11H16N6O. The molecule has 2 aromatic heterocycles. The molecule has 2 heterocycles. The fourth-order valence-corrected chi connectivity index (χ4v) is 1.61. The topological polar surface area (TPSA) is 92.8 Å². The first-order valence-electron chi connectivity index (χ1n) is 5.52. The van der Waals surface area contributed by atoms with Crippen molar-refractivity contribution < 1.29 is 4.79 Å². The number of aromatic amines is 1. The molecule has 18 heavy (non-hydrogen) atoms. The molecule has 0 aromatic carbocycles. The van der Waals surface area contributed by atoms with Crippen LogP contribution >= 0.6 is 0 Å². The molecule has 7 nitrogen and oxygen atoms in total. The molecule has 0 bridgehead atoms. The van der Waals surface area contributed by atoms with E-state index in [1.165, 1.54) is 4.90 Å². The number of carbonyl (C=O) groups excluding carboxylic acids is 1. The number of rotatable bonds is 3. The Bertz CT molecular complexity index is 570. The van der Waals surface area contributed by atoms with E-state index in [4.69, 9.17) is 5.73 Å². The molecule has 0 spiro atoms. The van der Waals surface area contributed by atoms with E-state index in [2.05, 4.69) is 15.2 Å². The fourth-order valence-electron chi connectivity index (χ4n) is 1.61. The molecule has 0 aliphatic rings. The first-order chi connectivity index (χ1) is 8.50. The van der Waals surface area contributed by atoms with Gasteiger partial charge in [0.05, 0.1) is 17.9 Å². The van der Waals surface area contributed by atoms with Gasteiger partial charge in [-0.1, -0.05) is 0 Å². The molecular weight excluding hydrogens is 232 g/mol. The summed E-state index contributed by atoms with van der Waals surface area (Å²) in [5, 5.41) is 6.62. The lowest BCUT2D eigenvalue weighted by Gasteiger charge is -2.15. The average molecular weight is 248 g/mol. The number of aryl methyl sites for hydroxylation is 2. The minimum absolute atomic E-state index is 0.222. The quantitative estimate of drug-likeness (QED) is 0.817. The molecule has 0 unspecified atom stereocenters. The van der Waals surface area contributed by atoms with Gasteiger partial charge >= 0.3 is 0 Å². The lowest BCUT2D eigenvalue weighted by molar-refractivity contribution is 0.0775. The van der Waals surface area contributed by atoms with Crippen LogP contribution in [0.25, 0.3) is 0 Å². The number of imidazole rings is 1. The largest absolute Gasteiger partial charge is 0.395 e. The summed E-state index contributed by atoms with van der Waals surface area (Å²) in [6, 6.07) is 0. The average Bonchev–Trinajstić information content (AvgIpc) is 2.87. The van der Waals surface area contributed by atoms with Gasteiger partial charge in [0.1, 0.15) is 5.82 Å². The van der Waals surface area contributed by atoms with Gasteiger partial charge in [0.25, 0.3) is 5.91 Å². The Morgan fingerprint density at radius 3 is 2.83 bits per heavy atom. The maximum atomic E-state index is 12.1. The second kappa shape index (κ2) is 4.52. The fraction of sp³-hybridized carbons (Fsp3) is 0.364. The highest BCUT2D eigenvalue weighted by molar-refractivity contribution is 5.97. The van der Waals surface area contributed by atoms with Crippen molar-refractivity contribution in [2.75, 3.05) is 12.8 Å². The zero-order chi connectivity index (χ0) is 13.3. The van der Waals surface area contributed by atoms with Crippen molar-refractivity contribution in [2.24, 2.45) is 7.05 Å². The molecule has 7 heteroatoms. The molecule has 0 aliphatic carbocycles. The van der Waals surface area contributed by atoms with E-state index in [0.717, 1.165) is 5.82 Å². The standard InChI is InChI=1S/C11H16N6O/c1-7-9(12)10(15-14-7)11(18)17(3)6-8-13-4-5-16(8)2/h4-5H,6,12H2,1-3H3,(H,14,15). The van der Waals surface area contributed by atoms with E-state index >= 15 is 0 Å². The molecule has 0 atom stereocenters. The zero-order valence-corrected chi connectivity index (χ0v) is 10.6. The molecule has 0 saturated heterocycles. The Balaban J connectivity index is 2.15. The van der Waals surface area contributed by atoms with Gasteiger partial charge in [-0.25, -0.2) is 4.98 Å². The summed E-state index contributed by atoms with van der Waals surface area (Å²) in [5.41, 5.74) is 7.13. The molecule has 0 fully saturated rings. The number of nitrogen functional groups attached to an aromatic ring is 1. The molecule has 0 aliphatic heterocycles. The molecule has 96 valence electrons. The van der Waals surface area contributed by atoms with E-state index in [-0.39, 0.29) is 11.6 Å². The smallest absolute Gasteiger partial charge is 0.276 e. The van der Waals surface area contributed by atoms with Crippen LogP contribution in [0.3, 0.4) is 0 Å². The maximum absolute atomic E-state index is 12.1. The number of aromatic nitrogens is 4. The predicted molar refractivity (Wildman–Crippen MR) is 66.7 cm³/mol. The van der Waals surface area contributed by atoms with Crippen molar-refractivity contribution in [3.63, 3.8) is 0 Å². The van der Waals surface area contributed by atoms with Gasteiger partial charge in [-0.2, -0.15) is 5.10 Å². The Kier molecular flexibility index (Phi) is 3.05. The van der Waals surface area contributed by atoms with Crippen molar-refractivity contribution in [1.82, 2.24) is 24.6 Å². The van der Waals surface area contributed by atoms with Crippen molar-refractivity contribution >= 4 is 11.6 Å². The second-order valence-corrected chi connectivity index (χ2v) is 4.23. The van der Waals surface area contributed by atoms with E-state index in [1.807, 2.05) is 17.8 Å². The third-order valence-corrected chi connectivity index (χ3v) is 2.84. The van der Waals surface area contributed by atoms with Crippen LogP contribution in [0.5, 0.6) is 0 Å². The highest BCUT2D eigenvalue weighted by Crippen LogP contribution is 2.15. The van der Waals surface area contributed by atoms with Crippen LogP contribution in [0, 0.1) is 6.92 Å². The monoisotopic (exact) mass is 248 g/mol. The number of H-pyrrole nitrogens is 1. The Morgan fingerprint density at radius 2 is 2.33 bits per heavy atom. The van der Waals surface area contributed by atoms with Gasteiger partial charge < -0.3 is 15.2 Å². The molecule has 0 radical (unpaired) electrons. The normalized spacial score (nSPS) is 10.6. The van der Waals surface area contributed by atoms with Gasteiger partial charge in [-0.3, -0.25) is 9.89 Å². The number of nitrogens with zero attached hydrogens (tertiary/aromatic N) is 4. The Hall–Kier alpha value is -2.31. The SMILES string of the molecule is Cc1[nH]nc(C(=O)N(C)Cc2nccn2C)c1N. The lowest BCUT2D eigenvalue weighted by Crippen LogP contribution is -2.28. The number of carbonyl (C=O) groups is 1. The van der Waals surface area contributed by atoms with E-state index in [9.17, 15) is 4.79 Å². The summed E-state index contributed by atoms with van der Waals surface area (Å²) in [7, 11) is 3.58. The summed E-state index contributed by atoms with van der Waals surface area (Å²) in [4.78, 5) is 17.8. The van der Waals surface area contributed by atoms with Gasteiger partial charge in [0.2, 0.25) is 0 Å². The summed E-state index contributed by atoms with van der Waals surface area (Å²) in [6.07, 6.45) is 3.53. The predicted octanol–water partition coefficient (Wildman–Crippen LogP) is 0.306. The van der Waals surface area contributed by atoms with Crippen LogP contribution in [0.2, 0.25) is 0 Å². The van der Waals surface area contributed by atoms with Gasteiger partial charge in [0.15, 0.2) is 5.69 Å². The lowest BCUT2D eigenvalue weighted by atomic mass is 10.3. The number of hydrogen-bond donors (Lipinski definition) is 2. The van der Waals surface area contributed by atoms with Crippen LogP contribution in [-0.2, 0) is 13.6 Å². The second-order valence-electron chi connectivity index (χ2n) is 4.23. The van der Waals surface area contributed by atoms with Crippen LogP contribution in [-0.4, -0.2) is 37.6 Å². The first-order valence-corrected chi connectivity index (χ1v) is 5.52. The Labute approximate surface area is 105 Å². The van der Waals surface area contributed by atoms with E-state index in [0.29, 0.717) is 17.9 Å². The molecule has 2 aromatic rings. The number of anilines is 1. The van der Waals surface area contributed by atoms with Crippen LogP contribution < -0.4 is 5.73 Å². The Morgan fingerprint density at radius 1 is 1.61 bits per heavy atom. The zero-order valence-electron chi connectivity index (χ0n) is 10.6. The van der Waals surface area contributed by atoms with Crippen molar-refractivity contribution in [2.45, 2.75) is 13.5 Å². The number of nitrogens with one attached hydrogen (secondary N) is 1. The number of amides is 1. The third kappa shape index (κ3) is 2.06. The third-order valence-electron chi connectivity index (χ3n) is 2.84. The van der Waals surface area contributed by atoms with Crippen molar-refractivity contribution in [3.8, 4) is 0 Å². The summed E-state index contributed by atoms with van der Waals surface area (Å²) < 4.78 is 1.86. The van der Waals surface area contributed by atoms with Crippen LogP contribution in [0.4, 0.5) is 5.69 Å². The van der Waals surface area contributed by atoms with Gasteiger partial charge in [-0.05, 0) is 6.92 Å². The van der Waals surface area contributed by atoms with E-state index < -0.39 is 0 Å². The first kappa shape index (κ1) is 12.2. The summed E-state index contributed by atoms with van der Waals surface area (Å²) in [5.74, 6) is 0.580. The van der Waals surface area contributed by atoms with Crippen molar-refractivity contribution in [1.29, 1.82) is 0 Å². The molecule has 1 amide bonds. The molecule has 2 rings (SSSR count). The van der Waals surface area contributed by atoms with Gasteiger partial charge in [0, 0.05) is 26.5 Å². The van der Waals surface area contributed by atoms with Gasteiger partial charge in [-0.15, -0.1) is 0 Å². The highest BCUT2D eigenvalue weighted by Gasteiger charge is 2.20. The summed E-state index contributed by atoms with van der Waals surface area (Å²) >= 11 is 0. The summed E-state index contributed by atoms with van der Waals surface area (Å²) in [6.45, 7) is 2.19. The number of hydrogen-bond acceptors (Lipinski definition) is 4. The minimum Gasteiger partial charge on any atom is -0.395 e. The minimum atomic E-state index is -0.222. The molecule has 3 N–H and O–H groups in total. The maximum Gasteiger partial charge on any atom is 0.276 e. The number of nitrogens with two attached hydrogens (primary N) is 1. The van der Waals surface area contributed by atoms with Crippen molar-refractivity contribution in [3.05, 3.63) is 29.6 Å².